The van der Waals surface area contributed by atoms with E-state index in [1.165, 1.54) is 17.2 Å². The molecule has 5 heterocycles. The van der Waals surface area contributed by atoms with Gasteiger partial charge in [0, 0.05) is 61.5 Å². The van der Waals surface area contributed by atoms with Gasteiger partial charge in [-0.15, -0.1) is 0 Å². The van der Waals surface area contributed by atoms with E-state index < -0.39 is 5.92 Å². The van der Waals surface area contributed by atoms with Crippen LogP contribution in [0, 0.1) is 0 Å². The topological polar surface area (TPSA) is 127 Å². The number of amides is 2. The largest absolute Gasteiger partial charge is 0.441 e. The van der Waals surface area contributed by atoms with Crippen molar-refractivity contribution in [3.05, 3.63) is 78.0 Å². The quantitative estimate of drug-likeness (QED) is 0.369. The molecule has 0 saturated carbocycles. The molecule has 38 heavy (non-hydrogen) atoms. The minimum atomic E-state index is -2.71. The van der Waals surface area contributed by atoms with Crippen molar-refractivity contribution >= 4 is 34.8 Å². The van der Waals surface area contributed by atoms with Gasteiger partial charge in [0.05, 0.1) is 17.8 Å². The number of carbonyl (C=O) groups is 2. The molecule has 194 valence electrons. The molecular weight excluding hydrogens is 494 g/mol. The molecule has 0 aromatic carbocycles. The third kappa shape index (κ3) is 5.83. The molecule has 0 atom stereocenters. The van der Waals surface area contributed by atoms with Crippen LogP contribution in [0.3, 0.4) is 0 Å². The average molecular weight is 519 g/mol. The van der Waals surface area contributed by atoms with Gasteiger partial charge in [-0.2, -0.15) is 0 Å². The summed E-state index contributed by atoms with van der Waals surface area (Å²) in [5.74, 6) is -2.39. The number of nitrogens with two attached hydrogens (primary N) is 1. The normalized spacial score (nSPS) is 15.2. The van der Waals surface area contributed by atoms with Crippen LogP contribution in [0.1, 0.15) is 34.5 Å². The van der Waals surface area contributed by atoms with Crippen molar-refractivity contribution in [3.8, 4) is 11.3 Å². The van der Waals surface area contributed by atoms with E-state index in [1.807, 2.05) is 6.07 Å². The Morgan fingerprint density at radius 3 is 2.58 bits per heavy atom. The summed E-state index contributed by atoms with van der Waals surface area (Å²) in [6, 6.07) is 10.4. The SMILES string of the molecule is Nc1ccc(C=CC(=O)NCc2cc3cc(-c4ccc(C(=O)N5CCC(F)(F)CC5)cn4)cnc3o2)cn1. The van der Waals surface area contributed by atoms with Gasteiger partial charge in [-0.3, -0.25) is 14.6 Å². The standard InChI is InChI=1S/C27H24F2N6O3/c28-27(29)7-9-35(10-8-27)26(37)18-3-4-22(31-14-18)20-11-19-12-21(38-25(19)34-15-20)16-33-24(36)6-2-17-1-5-23(30)32-13-17/h1-6,11-15H,7-10,16H2,(H2,30,32)(H,33,36). The summed E-state index contributed by atoms with van der Waals surface area (Å²) in [6.45, 7) is 0.216. The van der Waals surface area contributed by atoms with Gasteiger partial charge in [0.25, 0.3) is 11.8 Å². The highest BCUT2D eigenvalue weighted by Crippen LogP contribution is 2.29. The highest BCUT2D eigenvalue weighted by molar-refractivity contribution is 5.94. The van der Waals surface area contributed by atoms with Gasteiger partial charge in [-0.25, -0.2) is 18.7 Å². The molecule has 2 amide bonds. The van der Waals surface area contributed by atoms with Crippen LogP contribution >= 0.6 is 0 Å². The van der Waals surface area contributed by atoms with Crippen LogP contribution in [0.2, 0.25) is 0 Å². The number of pyridine rings is 3. The summed E-state index contributed by atoms with van der Waals surface area (Å²) in [5, 5.41) is 3.48. The Balaban J connectivity index is 1.21. The molecule has 9 nitrogen and oxygen atoms in total. The van der Waals surface area contributed by atoms with E-state index in [-0.39, 0.29) is 44.3 Å². The first-order valence-corrected chi connectivity index (χ1v) is 12.0. The summed E-state index contributed by atoms with van der Waals surface area (Å²) in [4.78, 5) is 38.9. The first kappa shape index (κ1) is 25.0. The predicted octanol–water partition coefficient (Wildman–Crippen LogP) is 4.07. The minimum absolute atomic E-state index is 0.0216. The number of alkyl halides is 2. The molecule has 0 bridgehead atoms. The van der Waals surface area contributed by atoms with Crippen molar-refractivity contribution < 1.29 is 22.8 Å². The predicted molar refractivity (Wildman–Crippen MR) is 137 cm³/mol. The second kappa shape index (κ2) is 10.4. The van der Waals surface area contributed by atoms with Gasteiger partial charge >= 0.3 is 0 Å². The number of carbonyl (C=O) groups excluding carboxylic acids is 2. The van der Waals surface area contributed by atoms with Crippen molar-refractivity contribution in [1.82, 2.24) is 25.2 Å². The van der Waals surface area contributed by atoms with Gasteiger partial charge in [-0.1, -0.05) is 0 Å². The molecule has 1 aliphatic heterocycles. The van der Waals surface area contributed by atoms with Crippen LogP contribution in [0.25, 0.3) is 28.4 Å². The van der Waals surface area contributed by atoms with Crippen molar-refractivity contribution in [2.75, 3.05) is 18.8 Å². The van der Waals surface area contributed by atoms with Gasteiger partial charge < -0.3 is 20.4 Å². The molecule has 1 saturated heterocycles. The number of piperidine rings is 1. The zero-order valence-electron chi connectivity index (χ0n) is 20.2. The van der Waals surface area contributed by atoms with Crippen LogP contribution in [0.4, 0.5) is 14.6 Å². The minimum Gasteiger partial charge on any atom is -0.441 e. The molecule has 4 aromatic heterocycles. The Bertz CT molecular complexity index is 1490. The van der Waals surface area contributed by atoms with Crippen molar-refractivity contribution in [1.29, 1.82) is 0 Å². The maximum Gasteiger partial charge on any atom is 0.255 e. The van der Waals surface area contributed by atoms with Crippen LogP contribution < -0.4 is 11.1 Å². The average Bonchev–Trinajstić information content (AvgIpc) is 3.33. The first-order chi connectivity index (χ1) is 18.3. The maximum atomic E-state index is 13.4. The number of nitrogens with one attached hydrogen (secondary N) is 1. The molecule has 0 aliphatic carbocycles. The second-order valence-corrected chi connectivity index (χ2v) is 8.98. The van der Waals surface area contributed by atoms with E-state index in [9.17, 15) is 18.4 Å². The Labute approximate surface area is 216 Å². The molecular formula is C27H24F2N6O3. The van der Waals surface area contributed by atoms with Gasteiger partial charge in [0.15, 0.2) is 0 Å². The molecule has 0 radical (unpaired) electrons. The molecule has 1 aliphatic rings. The monoisotopic (exact) mass is 518 g/mol. The molecule has 0 unspecified atom stereocenters. The fourth-order valence-electron chi connectivity index (χ4n) is 4.04. The van der Waals surface area contributed by atoms with E-state index in [2.05, 4.69) is 20.3 Å². The Hall–Kier alpha value is -4.67. The number of hydrogen-bond acceptors (Lipinski definition) is 7. The van der Waals surface area contributed by atoms with E-state index in [0.717, 1.165) is 10.9 Å². The number of halogens is 2. The number of likely N-dealkylation sites (tertiary alicyclic amines) is 1. The molecule has 4 aromatic rings. The number of hydrogen-bond donors (Lipinski definition) is 2. The number of anilines is 1. The van der Waals surface area contributed by atoms with Gasteiger partial charge in [0.2, 0.25) is 11.6 Å². The van der Waals surface area contributed by atoms with Crippen molar-refractivity contribution in [2.45, 2.75) is 25.3 Å². The smallest absolute Gasteiger partial charge is 0.255 e. The molecule has 1 fully saturated rings. The van der Waals surface area contributed by atoms with Crippen LogP contribution in [0.15, 0.2) is 65.5 Å². The van der Waals surface area contributed by atoms with E-state index in [0.29, 0.717) is 34.1 Å². The lowest BCUT2D eigenvalue weighted by Crippen LogP contribution is -2.42. The Morgan fingerprint density at radius 2 is 1.87 bits per heavy atom. The summed E-state index contributed by atoms with van der Waals surface area (Å²) >= 11 is 0. The summed E-state index contributed by atoms with van der Waals surface area (Å²) < 4.78 is 32.5. The zero-order chi connectivity index (χ0) is 26.7. The number of furan rings is 1. The van der Waals surface area contributed by atoms with Crippen LogP contribution in [0.5, 0.6) is 0 Å². The fourth-order valence-corrected chi connectivity index (χ4v) is 4.04. The summed E-state index contributed by atoms with van der Waals surface area (Å²) in [6.07, 6.45) is 6.99. The van der Waals surface area contributed by atoms with Crippen molar-refractivity contribution in [3.63, 3.8) is 0 Å². The number of fused-ring (bicyclic) bond motifs is 1. The highest BCUT2D eigenvalue weighted by Gasteiger charge is 2.35. The Kier molecular flexibility index (Phi) is 6.82. The lowest BCUT2D eigenvalue weighted by molar-refractivity contribution is -0.116. The number of nitrogen functional groups attached to an aromatic ring is 1. The van der Waals surface area contributed by atoms with E-state index >= 15 is 0 Å². The summed E-state index contributed by atoms with van der Waals surface area (Å²) in [5.41, 5.74) is 8.36. The Morgan fingerprint density at radius 1 is 1.05 bits per heavy atom. The summed E-state index contributed by atoms with van der Waals surface area (Å²) in [7, 11) is 0. The van der Waals surface area contributed by atoms with Crippen LogP contribution in [-0.4, -0.2) is 50.7 Å². The fraction of sp³-hybridized carbons (Fsp3) is 0.222. The lowest BCUT2D eigenvalue weighted by atomic mass is 10.1. The molecule has 3 N–H and O–H groups in total. The first-order valence-electron chi connectivity index (χ1n) is 12.0. The number of aromatic nitrogens is 3. The number of nitrogens with zero attached hydrogens (tertiary/aromatic N) is 4. The third-order valence-electron chi connectivity index (χ3n) is 6.18. The molecule has 0 spiro atoms. The molecule has 11 heteroatoms. The van der Waals surface area contributed by atoms with E-state index in [4.69, 9.17) is 10.2 Å². The third-order valence-corrected chi connectivity index (χ3v) is 6.18. The van der Waals surface area contributed by atoms with Gasteiger partial charge in [0.1, 0.15) is 11.6 Å². The number of rotatable bonds is 6. The lowest BCUT2D eigenvalue weighted by Gasteiger charge is -2.31. The maximum absolute atomic E-state index is 13.4. The molecule has 5 rings (SSSR count). The van der Waals surface area contributed by atoms with E-state index in [1.54, 1.807) is 48.8 Å². The van der Waals surface area contributed by atoms with Crippen molar-refractivity contribution in [2.24, 2.45) is 0 Å². The zero-order valence-corrected chi connectivity index (χ0v) is 20.2. The van der Waals surface area contributed by atoms with Crippen LogP contribution in [-0.2, 0) is 11.3 Å². The second-order valence-electron chi connectivity index (χ2n) is 8.98. The highest BCUT2D eigenvalue weighted by atomic mass is 19.3. The van der Waals surface area contributed by atoms with Gasteiger partial charge in [-0.05, 0) is 48.0 Å².